The third-order valence-electron chi connectivity index (χ3n) is 4.40. The molecule has 4 heteroatoms. The van der Waals surface area contributed by atoms with Crippen LogP contribution in [0.5, 0.6) is 0 Å². The Balaban J connectivity index is 1.79. The van der Waals surface area contributed by atoms with Gasteiger partial charge in [0, 0.05) is 0 Å². The fourth-order valence-electron chi connectivity index (χ4n) is 2.79. The smallest absolute Gasteiger partial charge is 0.0519 e. The third-order valence-corrected chi connectivity index (χ3v) is 4.67. The summed E-state index contributed by atoms with van der Waals surface area (Å²) in [5.41, 5.74) is 7.70. The second kappa shape index (κ2) is 7.83. The van der Waals surface area contributed by atoms with Gasteiger partial charge in [0.2, 0.25) is 0 Å². The molecule has 0 fully saturated rings. The van der Waals surface area contributed by atoms with Crippen LogP contribution in [0.15, 0.2) is 73.3 Å². The van der Waals surface area contributed by atoms with E-state index < -0.39 is 0 Å². The molecule has 3 aromatic rings. The molecule has 26 heavy (non-hydrogen) atoms. The first-order valence-corrected chi connectivity index (χ1v) is 9.45. The SMILES string of the molecule is CC(C)(C)c1ccc(-[n+]2ccc(-c3cc[n+](CC#P=O)cc3)cc2)cc1. The predicted molar refractivity (Wildman–Crippen MR) is 104 cm³/mol. The molecular weight excluding hydrogens is 339 g/mol. The van der Waals surface area contributed by atoms with Crippen molar-refractivity contribution in [3.05, 3.63) is 78.9 Å². The van der Waals surface area contributed by atoms with E-state index in [0.29, 0.717) is 6.54 Å². The second-order valence-electron chi connectivity index (χ2n) is 7.30. The van der Waals surface area contributed by atoms with Crippen molar-refractivity contribution < 1.29 is 13.7 Å². The molecule has 0 saturated carbocycles. The molecule has 0 bridgehead atoms. The minimum atomic E-state index is -0.0574. The van der Waals surface area contributed by atoms with Crippen molar-refractivity contribution in [1.29, 1.82) is 0 Å². The van der Waals surface area contributed by atoms with Gasteiger partial charge in [-0.1, -0.05) is 32.9 Å². The van der Waals surface area contributed by atoms with Gasteiger partial charge in [0.25, 0.3) is 0 Å². The van der Waals surface area contributed by atoms with Crippen molar-refractivity contribution in [2.75, 3.05) is 0 Å². The van der Waals surface area contributed by atoms with Crippen LogP contribution < -0.4 is 9.13 Å². The van der Waals surface area contributed by atoms with Crippen LogP contribution in [0.4, 0.5) is 0 Å². The van der Waals surface area contributed by atoms with Gasteiger partial charge in [-0.25, -0.2) is 0 Å². The Bertz CT molecular complexity index is 981. The van der Waals surface area contributed by atoms with Gasteiger partial charge in [-0.2, -0.15) is 0 Å². The quantitative estimate of drug-likeness (QED) is 0.499. The molecule has 130 valence electrons. The molecule has 0 unspecified atom stereocenters. The number of pyridine rings is 2. The van der Waals surface area contributed by atoms with Crippen LogP contribution in [-0.2, 0) is 16.5 Å². The van der Waals surface area contributed by atoms with E-state index in [2.05, 4.69) is 91.9 Å². The fraction of sp³-hybridized carbons (Fsp3) is 0.227. The Morgan fingerprint density at radius 1 is 0.846 bits per heavy atom. The molecule has 0 radical (unpaired) electrons. The molecule has 0 spiro atoms. The van der Waals surface area contributed by atoms with E-state index in [4.69, 9.17) is 0 Å². The van der Waals surface area contributed by atoms with Gasteiger partial charge in [0.15, 0.2) is 0 Å². The van der Waals surface area contributed by atoms with Crippen LogP contribution in [0.2, 0.25) is 0 Å². The fourth-order valence-corrected chi connectivity index (χ4v) is 3.01. The molecule has 2 heterocycles. The van der Waals surface area contributed by atoms with E-state index in [1.54, 1.807) is 0 Å². The first-order valence-electron chi connectivity index (χ1n) is 8.64. The van der Waals surface area contributed by atoms with Crippen LogP contribution in [0.3, 0.4) is 0 Å². The molecule has 0 aliphatic carbocycles. The van der Waals surface area contributed by atoms with Crippen molar-refractivity contribution in [2.24, 2.45) is 0 Å². The third kappa shape index (κ3) is 4.38. The van der Waals surface area contributed by atoms with E-state index in [-0.39, 0.29) is 13.3 Å². The number of aromatic nitrogens is 2. The zero-order valence-corrected chi connectivity index (χ0v) is 16.3. The normalized spacial score (nSPS) is 11.0. The van der Waals surface area contributed by atoms with Crippen LogP contribution in [0.1, 0.15) is 26.3 Å². The van der Waals surface area contributed by atoms with Crippen LogP contribution in [0.25, 0.3) is 16.8 Å². The molecular formula is C22H23N2OP+2. The molecule has 0 aliphatic heterocycles. The molecule has 0 atom stereocenters. The van der Waals surface area contributed by atoms with Gasteiger partial charge in [-0.15, -0.1) is 0 Å². The Hall–Kier alpha value is -2.47. The topological polar surface area (TPSA) is 24.8 Å². The molecule has 0 aliphatic rings. The van der Waals surface area contributed by atoms with E-state index in [9.17, 15) is 4.57 Å². The summed E-state index contributed by atoms with van der Waals surface area (Å²) >= 11 is 0. The van der Waals surface area contributed by atoms with Gasteiger partial charge < -0.3 is 0 Å². The van der Waals surface area contributed by atoms with Crippen molar-refractivity contribution in [3.8, 4) is 22.4 Å². The summed E-state index contributed by atoms with van der Waals surface area (Å²) in [6.07, 6.45) is 8.11. The summed E-state index contributed by atoms with van der Waals surface area (Å²) < 4.78 is 14.5. The van der Waals surface area contributed by atoms with Gasteiger partial charge in [0.05, 0.1) is 0 Å². The number of nitrogens with zero attached hydrogens (tertiary/aromatic N) is 2. The molecule has 0 amide bonds. The van der Waals surface area contributed by atoms with Crippen molar-refractivity contribution in [1.82, 2.24) is 0 Å². The minimum absolute atomic E-state index is 0.0574. The Morgan fingerprint density at radius 3 is 1.88 bits per heavy atom. The van der Waals surface area contributed by atoms with Crippen molar-refractivity contribution in [2.45, 2.75) is 32.7 Å². The molecule has 1 aromatic carbocycles. The average molecular weight is 362 g/mol. The minimum Gasteiger partial charge on any atom is -0.0519 e. The monoisotopic (exact) mass is 362 g/mol. The van der Waals surface area contributed by atoms with E-state index in [1.807, 2.05) is 17.0 Å². The summed E-state index contributed by atoms with van der Waals surface area (Å²) in [7, 11) is -0.0574. The summed E-state index contributed by atoms with van der Waals surface area (Å²) in [5.74, 6) is 0. The summed E-state index contributed by atoms with van der Waals surface area (Å²) in [4.78, 5) is 0. The Kier molecular flexibility index (Phi) is 5.52. The van der Waals surface area contributed by atoms with Crippen molar-refractivity contribution in [3.63, 3.8) is 0 Å². The molecule has 2 aromatic heterocycles. The van der Waals surface area contributed by atoms with E-state index in [0.717, 1.165) is 16.8 Å². The predicted octanol–water partition coefficient (Wildman–Crippen LogP) is 4.47. The average Bonchev–Trinajstić information content (AvgIpc) is 2.66. The van der Waals surface area contributed by atoms with E-state index in [1.165, 1.54) is 5.56 Å². The first kappa shape index (κ1) is 18.3. The van der Waals surface area contributed by atoms with Gasteiger partial charge in [-0.05, 0) is 11.0 Å². The van der Waals surface area contributed by atoms with Crippen molar-refractivity contribution >= 4 is 7.92 Å². The van der Waals surface area contributed by atoms with Gasteiger partial charge in [-0.3, -0.25) is 0 Å². The maximum atomic E-state index is 10.5. The first-order chi connectivity index (χ1) is 12.5. The number of benzene rings is 1. The zero-order chi connectivity index (χ0) is 18.6. The number of rotatable bonds is 3. The summed E-state index contributed by atoms with van der Waals surface area (Å²) in [5, 5.41) is 0. The zero-order valence-electron chi connectivity index (χ0n) is 15.4. The number of hydrogen-bond donors (Lipinski definition) is 0. The number of hydrogen-bond acceptors (Lipinski definition) is 1. The second-order valence-corrected chi connectivity index (χ2v) is 7.80. The van der Waals surface area contributed by atoms with E-state index >= 15 is 0 Å². The molecule has 3 nitrogen and oxygen atoms in total. The van der Waals surface area contributed by atoms with Crippen LogP contribution >= 0.6 is 7.92 Å². The molecule has 0 N–H and O–H groups in total. The summed E-state index contributed by atoms with van der Waals surface area (Å²) in [6, 6.07) is 17.1. The van der Waals surface area contributed by atoms with Crippen LogP contribution in [-0.4, -0.2) is 0 Å². The van der Waals surface area contributed by atoms with Crippen LogP contribution in [0, 0.1) is 5.63 Å². The van der Waals surface area contributed by atoms with Gasteiger partial charge in [0.1, 0.15) is 0 Å². The van der Waals surface area contributed by atoms with Gasteiger partial charge >= 0.3 is 112 Å². The standard InChI is InChI=1S/C22H23N2OP/c1-22(2,3)20-4-6-21(7-5-20)24-14-10-19(11-15-24)18-8-12-23(13-9-18)16-17-26-25/h4-15H,16H2,1-3H3/q+2. The molecule has 3 rings (SSSR count). The Morgan fingerprint density at radius 2 is 1.38 bits per heavy atom. The molecule has 0 saturated heterocycles. The summed E-state index contributed by atoms with van der Waals surface area (Å²) in [6.45, 7) is 7.20. The maximum absolute atomic E-state index is 10.5. The Labute approximate surface area is 156 Å².